The highest BCUT2D eigenvalue weighted by Gasteiger charge is 2.30. The van der Waals surface area contributed by atoms with Gasteiger partial charge in [0, 0.05) is 11.5 Å². The summed E-state index contributed by atoms with van der Waals surface area (Å²) < 4.78 is 30.4. The Labute approximate surface area is 108 Å². The fourth-order valence-corrected chi connectivity index (χ4v) is 1.91. The van der Waals surface area contributed by atoms with Crippen molar-refractivity contribution < 1.29 is 13.3 Å². The maximum Gasteiger partial charge on any atom is 0.263 e. The highest BCUT2D eigenvalue weighted by molar-refractivity contribution is 5.29. The fraction of sp³-hybridized carbons (Fsp3) is 0.385. The van der Waals surface area contributed by atoms with Gasteiger partial charge in [0.05, 0.1) is 6.04 Å². The number of aromatic nitrogens is 2. The van der Waals surface area contributed by atoms with E-state index in [-0.39, 0.29) is 5.56 Å². The Bertz CT molecular complexity index is 581. The van der Waals surface area contributed by atoms with Crippen LogP contribution in [0.4, 0.5) is 8.78 Å². The van der Waals surface area contributed by atoms with Crippen LogP contribution in [0.2, 0.25) is 0 Å². The summed E-state index contributed by atoms with van der Waals surface area (Å²) in [5, 5.41) is 3.83. The van der Waals surface area contributed by atoms with Crippen molar-refractivity contribution in [3.63, 3.8) is 0 Å². The molecule has 1 saturated carbocycles. The van der Waals surface area contributed by atoms with Crippen LogP contribution in [0.3, 0.4) is 0 Å². The van der Waals surface area contributed by atoms with E-state index in [2.05, 4.69) is 10.1 Å². The molecular formula is C13H13F2N3O. The van der Waals surface area contributed by atoms with E-state index in [1.165, 1.54) is 12.1 Å². The van der Waals surface area contributed by atoms with Crippen molar-refractivity contribution in [3.8, 4) is 0 Å². The first-order valence-electron chi connectivity index (χ1n) is 6.12. The van der Waals surface area contributed by atoms with Crippen LogP contribution in [0.1, 0.15) is 54.1 Å². The average Bonchev–Trinajstić information content (AvgIpc) is 3.16. The highest BCUT2D eigenvalue weighted by Crippen LogP contribution is 2.39. The summed E-state index contributed by atoms with van der Waals surface area (Å²) in [5.74, 6) is 1.28. The maximum absolute atomic E-state index is 12.6. The van der Waals surface area contributed by atoms with E-state index in [0.29, 0.717) is 23.2 Å². The van der Waals surface area contributed by atoms with Crippen LogP contribution in [0.25, 0.3) is 0 Å². The van der Waals surface area contributed by atoms with Gasteiger partial charge in [-0.2, -0.15) is 4.98 Å². The van der Waals surface area contributed by atoms with E-state index >= 15 is 0 Å². The van der Waals surface area contributed by atoms with E-state index in [1.807, 2.05) is 0 Å². The normalized spacial score (nSPS) is 16.8. The zero-order valence-corrected chi connectivity index (χ0v) is 10.1. The first kappa shape index (κ1) is 12.2. The Balaban J connectivity index is 1.85. The van der Waals surface area contributed by atoms with Crippen molar-refractivity contribution in [1.82, 2.24) is 10.1 Å². The van der Waals surface area contributed by atoms with Crippen molar-refractivity contribution in [2.24, 2.45) is 5.73 Å². The topological polar surface area (TPSA) is 64.9 Å². The maximum atomic E-state index is 12.6. The van der Waals surface area contributed by atoms with Crippen molar-refractivity contribution in [3.05, 3.63) is 47.1 Å². The molecule has 1 aromatic heterocycles. The van der Waals surface area contributed by atoms with Gasteiger partial charge < -0.3 is 10.3 Å². The molecule has 6 heteroatoms. The largest absolute Gasteiger partial charge is 0.339 e. The summed E-state index contributed by atoms with van der Waals surface area (Å²) in [6.07, 6.45) is -0.408. The van der Waals surface area contributed by atoms with Crippen molar-refractivity contribution in [2.45, 2.75) is 31.2 Å². The number of hydrogen-bond donors (Lipinski definition) is 1. The molecule has 1 fully saturated rings. The molecule has 1 aliphatic carbocycles. The van der Waals surface area contributed by atoms with Gasteiger partial charge in [-0.15, -0.1) is 0 Å². The molecule has 0 aliphatic heterocycles. The number of nitrogens with zero attached hydrogens (tertiary/aromatic N) is 2. The lowest BCUT2D eigenvalue weighted by Gasteiger charge is -2.09. The standard InChI is InChI=1S/C13H13F2N3O/c14-11(15)9-3-1-2-8(6-9)10(16)12-17-13(19-18-12)7-4-5-7/h1-3,6-7,10-11H,4-5,16H2. The molecule has 1 atom stereocenters. The second kappa shape index (κ2) is 4.70. The molecule has 3 rings (SSSR count). The van der Waals surface area contributed by atoms with Gasteiger partial charge in [0.25, 0.3) is 6.43 Å². The van der Waals surface area contributed by atoms with Crippen molar-refractivity contribution >= 4 is 0 Å². The summed E-state index contributed by atoms with van der Waals surface area (Å²) in [7, 11) is 0. The van der Waals surface area contributed by atoms with E-state index < -0.39 is 12.5 Å². The summed E-state index contributed by atoms with van der Waals surface area (Å²) in [5.41, 5.74) is 6.49. The van der Waals surface area contributed by atoms with E-state index in [1.54, 1.807) is 12.1 Å². The van der Waals surface area contributed by atoms with Gasteiger partial charge in [-0.3, -0.25) is 0 Å². The van der Waals surface area contributed by atoms with Crippen LogP contribution in [0.15, 0.2) is 28.8 Å². The second-order valence-corrected chi connectivity index (χ2v) is 4.71. The molecule has 100 valence electrons. The minimum Gasteiger partial charge on any atom is -0.339 e. The van der Waals surface area contributed by atoms with Crippen molar-refractivity contribution in [2.75, 3.05) is 0 Å². The number of benzene rings is 1. The number of halogens is 2. The van der Waals surface area contributed by atoms with E-state index in [9.17, 15) is 8.78 Å². The lowest BCUT2D eigenvalue weighted by molar-refractivity contribution is 0.151. The van der Waals surface area contributed by atoms with Gasteiger partial charge in [-0.1, -0.05) is 23.4 Å². The fourth-order valence-electron chi connectivity index (χ4n) is 1.91. The first-order chi connectivity index (χ1) is 9.15. The molecular weight excluding hydrogens is 252 g/mol. The molecule has 1 heterocycles. The van der Waals surface area contributed by atoms with E-state index in [0.717, 1.165) is 12.8 Å². The van der Waals surface area contributed by atoms with Crippen molar-refractivity contribution in [1.29, 1.82) is 0 Å². The Morgan fingerprint density at radius 1 is 1.26 bits per heavy atom. The second-order valence-electron chi connectivity index (χ2n) is 4.71. The third-order valence-corrected chi connectivity index (χ3v) is 3.18. The Hall–Kier alpha value is -1.82. The Morgan fingerprint density at radius 3 is 2.68 bits per heavy atom. The Kier molecular flexibility index (Phi) is 3.02. The zero-order chi connectivity index (χ0) is 13.4. The molecule has 2 N–H and O–H groups in total. The number of alkyl halides is 2. The van der Waals surface area contributed by atoms with Crippen LogP contribution < -0.4 is 5.73 Å². The average molecular weight is 265 g/mol. The molecule has 4 nitrogen and oxygen atoms in total. The molecule has 19 heavy (non-hydrogen) atoms. The van der Waals surface area contributed by atoms with Crippen LogP contribution in [-0.4, -0.2) is 10.1 Å². The summed E-state index contributed by atoms with van der Waals surface area (Å²) >= 11 is 0. The van der Waals surface area contributed by atoms with Gasteiger partial charge in [-0.05, 0) is 24.5 Å². The summed E-state index contributed by atoms with van der Waals surface area (Å²) in [6.45, 7) is 0. The predicted octanol–water partition coefficient (Wildman–Crippen LogP) is 2.93. The van der Waals surface area contributed by atoms with Gasteiger partial charge in [0.2, 0.25) is 5.89 Å². The van der Waals surface area contributed by atoms with Crippen LogP contribution >= 0.6 is 0 Å². The summed E-state index contributed by atoms with van der Waals surface area (Å²) in [6, 6.07) is 5.34. The van der Waals surface area contributed by atoms with Gasteiger partial charge in [0.15, 0.2) is 5.82 Å². The monoisotopic (exact) mass is 265 g/mol. The van der Waals surface area contributed by atoms with Gasteiger partial charge >= 0.3 is 0 Å². The lowest BCUT2D eigenvalue weighted by atomic mass is 10.0. The predicted molar refractivity (Wildman–Crippen MR) is 63.7 cm³/mol. The highest BCUT2D eigenvalue weighted by atomic mass is 19.3. The molecule has 0 bridgehead atoms. The van der Waals surface area contributed by atoms with Crippen LogP contribution in [0.5, 0.6) is 0 Å². The van der Waals surface area contributed by atoms with Gasteiger partial charge in [-0.25, -0.2) is 8.78 Å². The molecule has 1 aromatic carbocycles. The third kappa shape index (κ3) is 2.49. The van der Waals surface area contributed by atoms with Crippen LogP contribution in [0, 0.1) is 0 Å². The van der Waals surface area contributed by atoms with Crippen LogP contribution in [-0.2, 0) is 0 Å². The molecule has 1 unspecified atom stereocenters. The zero-order valence-electron chi connectivity index (χ0n) is 10.1. The number of hydrogen-bond acceptors (Lipinski definition) is 4. The minimum atomic E-state index is -2.51. The lowest BCUT2D eigenvalue weighted by Crippen LogP contribution is -2.14. The quantitative estimate of drug-likeness (QED) is 0.923. The number of rotatable bonds is 4. The SMILES string of the molecule is NC(c1cccc(C(F)F)c1)c1noc(C2CC2)n1. The molecule has 0 saturated heterocycles. The smallest absolute Gasteiger partial charge is 0.263 e. The number of nitrogens with two attached hydrogens (primary N) is 1. The molecule has 0 radical (unpaired) electrons. The van der Waals surface area contributed by atoms with Gasteiger partial charge in [0.1, 0.15) is 0 Å². The molecule has 1 aliphatic rings. The summed E-state index contributed by atoms with van der Waals surface area (Å²) in [4.78, 5) is 4.23. The first-order valence-corrected chi connectivity index (χ1v) is 6.12. The molecule has 2 aromatic rings. The molecule has 0 spiro atoms. The Morgan fingerprint density at radius 2 is 2.00 bits per heavy atom. The van der Waals surface area contributed by atoms with E-state index in [4.69, 9.17) is 10.3 Å². The third-order valence-electron chi connectivity index (χ3n) is 3.18. The molecule has 0 amide bonds. The minimum absolute atomic E-state index is 0.0566.